The third-order valence-electron chi connectivity index (χ3n) is 8.51. The standard InChI is InChI=1S/C31H31ClF3N7O3/c1-18-8-11-42(40-18)24-14-20(19-2-5-21(32)6-3-19)4-7-22(24)27(31(33,34)35)45-26-15-25(38-29(36)39-26)41-12-9-30(10-13-41)16-23(28(43)44)37-17-30/h2-8,11,14-15,23,27,37H,9-10,12-13,16-17H2,1H3,(H,43,44)(H2,36,38,39). The Labute approximate surface area is 262 Å². The molecule has 0 amide bonds. The van der Waals surface area contributed by atoms with Crippen molar-refractivity contribution in [2.24, 2.45) is 5.41 Å². The number of ether oxygens (including phenoxy) is 1. The Kier molecular flexibility index (Phi) is 8.08. The molecule has 2 aliphatic heterocycles. The van der Waals surface area contributed by atoms with E-state index in [0.717, 1.165) is 5.56 Å². The summed E-state index contributed by atoms with van der Waals surface area (Å²) in [7, 11) is 0. The summed E-state index contributed by atoms with van der Waals surface area (Å²) in [5, 5.41) is 17.4. The van der Waals surface area contributed by atoms with Crippen molar-refractivity contribution >= 4 is 29.3 Å². The predicted octanol–water partition coefficient (Wildman–Crippen LogP) is 5.59. The average Bonchev–Trinajstić information content (AvgIpc) is 3.62. The first-order valence-corrected chi connectivity index (χ1v) is 14.8. The number of anilines is 2. The number of nitrogens with one attached hydrogen (secondary N) is 1. The average molecular weight is 642 g/mol. The van der Waals surface area contributed by atoms with E-state index in [2.05, 4.69) is 20.4 Å². The number of halogens is 4. The molecule has 2 saturated heterocycles. The number of hydrogen-bond acceptors (Lipinski definition) is 8. The Morgan fingerprint density at radius 2 is 1.82 bits per heavy atom. The monoisotopic (exact) mass is 641 g/mol. The quantitative estimate of drug-likeness (QED) is 0.236. The van der Waals surface area contributed by atoms with E-state index in [9.17, 15) is 23.1 Å². The molecular formula is C31H31ClF3N7O3. The second-order valence-corrected chi connectivity index (χ2v) is 12.0. The topological polar surface area (TPSA) is 131 Å². The van der Waals surface area contributed by atoms with Gasteiger partial charge in [0.15, 0.2) is 0 Å². The number of piperidine rings is 1. The van der Waals surface area contributed by atoms with Crippen molar-refractivity contribution in [1.29, 1.82) is 0 Å². The van der Waals surface area contributed by atoms with Gasteiger partial charge in [0.2, 0.25) is 17.9 Å². The zero-order valence-corrected chi connectivity index (χ0v) is 25.0. The highest BCUT2D eigenvalue weighted by atomic mass is 35.5. The fourth-order valence-electron chi connectivity index (χ4n) is 6.10. The van der Waals surface area contributed by atoms with Gasteiger partial charge in [-0.25, -0.2) is 4.68 Å². The van der Waals surface area contributed by atoms with Gasteiger partial charge in [-0.3, -0.25) is 4.79 Å². The Hall–Kier alpha value is -4.36. The summed E-state index contributed by atoms with van der Waals surface area (Å²) in [6, 6.07) is 14.1. The van der Waals surface area contributed by atoms with Crippen LogP contribution in [0.15, 0.2) is 60.8 Å². The molecule has 4 heterocycles. The smallest absolute Gasteiger partial charge is 0.429 e. The molecule has 1 spiro atoms. The second-order valence-electron chi connectivity index (χ2n) is 11.6. The minimum Gasteiger partial charge on any atom is -0.480 e. The molecule has 4 N–H and O–H groups in total. The van der Waals surface area contributed by atoms with Crippen LogP contribution in [0.1, 0.15) is 36.6 Å². The van der Waals surface area contributed by atoms with E-state index >= 15 is 0 Å². The molecule has 10 nitrogen and oxygen atoms in total. The van der Waals surface area contributed by atoms with Crippen molar-refractivity contribution in [2.45, 2.75) is 44.5 Å². The van der Waals surface area contributed by atoms with Gasteiger partial charge in [0.05, 0.1) is 11.4 Å². The van der Waals surface area contributed by atoms with Gasteiger partial charge in [-0.1, -0.05) is 35.9 Å². The molecule has 236 valence electrons. The van der Waals surface area contributed by atoms with Crippen LogP contribution >= 0.6 is 11.6 Å². The Morgan fingerprint density at radius 1 is 1.11 bits per heavy atom. The molecule has 4 aromatic rings. The van der Waals surface area contributed by atoms with Crippen molar-refractivity contribution in [3.05, 3.63) is 77.1 Å². The van der Waals surface area contributed by atoms with Gasteiger partial charge in [-0.2, -0.15) is 28.2 Å². The maximum atomic E-state index is 14.8. The van der Waals surface area contributed by atoms with Crippen molar-refractivity contribution in [3.63, 3.8) is 0 Å². The molecule has 2 aliphatic rings. The van der Waals surface area contributed by atoms with Crippen molar-refractivity contribution < 1.29 is 27.8 Å². The van der Waals surface area contributed by atoms with Gasteiger partial charge < -0.3 is 25.8 Å². The van der Waals surface area contributed by atoms with Gasteiger partial charge in [0.25, 0.3) is 0 Å². The molecule has 0 saturated carbocycles. The van der Waals surface area contributed by atoms with Crippen LogP contribution in [0.25, 0.3) is 16.8 Å². The van der Waals surface area contributed by atoms with Crippen molar-refractivity contribution in [3.8, 4) is 22.7 Å². The lowest BCUT2D eigenvalue weighted by molar-refractivity contribution is -0.198. The molecule has 6 rings (SSSR count). The lowest BCUT2D eigenvalue weighted by Gasteiger charge is -2.39. The molecule has 0 aliphatic carbocycles. The highest BCUT2D eigenvalue weighted by Crippen LogP contribution is 2.43. The summed E-state index contributed by atoms with van der Waals surface area (Å²) >= 11 is 6.04. The summed E-state index contributed by atoms with van der Waals surface area (Å²) in [5.74, 6) is -1.07. The van der Waals surface area contributed by atoms with Crippen LogP contribution in [0.3, 0.4) is 0 Å². The molecule has 0 radical (unpaired) electrons. The van der Waals surface area contributed by atoms with E-state index in [0.29, 0.717) is 61.0 Å². The first-order chi connectivity index (χ1) is 21.4. The van der Waals surface area contributed by atoms with Crippen LogP contribution in [-0.4, -0.2) is 62.7 Å². The van der Waals surface area contributed by atoms with E-state index in [1.54, 1.807) is 55.6 Å². The maximum absolute atomic E-state index is 14.8. The number of hydrogen-bond donors (Lipinski definition) is 3. The number of nitrogens with two attached hydrogens (primary N) is 1. The highest BCUT2D eigenvalue weighted by molar-refractivity contribution is 6.30. The largest absolute Gasteiger partial charge is 0.480 e. The number of carbonyl (C=O) groups is 1. The molecule has 14 heteroatoms. The lowest BCUT2D eigenvalue weighted by atomic mass is 9.76. The van der Waals surface area contributed by atoms with Crippen LogP contribution in [0, 0.1) is 12.3 Å². The van der Waals surface area contributed by atoms with Gasteiger partial charge >= 0.3 is 12.1 Å². The summed E-state index contributed by atoms with van der Waals surface area (Å²) in [5.41, 5.74) is 7.90. The van der Waals surface area contributed by atoms with E-state index in [4.69, 9.17) is 22.1 Å². The fourth-order valence-corrected chi connectivity index (χ4v) is 6.22. The zero-order chi connectivity index (χ0) is 31.9. The number of carboxylic acids is 1. The summed E-state index contributed by atoms with van der Waals surface area (Å²) in [4.78, 5) is 21.6. The van der Waals surface area contributed by atoms with Crippen LogP contribution in [0.5, 0.6) is 5.88 Å². The molecule has 2 aromatic carbocycles. The number of benzene rings is 2. The summed E-state index contributed by atoms with van der Waals surface area (Å²) in [6.07, 6.45) is -3.72. The molecular weight excluding hydrogens is 611 g/mol. The van der Waals surface area contributed by atoms with Gasteiger partial charge in [0, 0.05) is 42.5 Å². The maximum Gasteiger partial charge on any atom is 0.429 e. The Morgan fingerprint density at radius 3 is 2.44 bits per heavy atom. The number of alkyl halides is 3. The minimum atomic E-state index is -4.83. The van der Waals surface area contributed by atoms with Crippen LogP contribution in [0.4, 0.5) is 24.9 Å². The molecule has 2 unspecified atom stereocenters. The Balaban J connectivity index is 1.30. The molecule has 2 atom stereocenters. The molecule has 0 bridgehead atoms. The van der Waals surface area contributed by atoms with Gasteiger partial charge in [-0.15, -0.1) is 0 Å². The molecule has 2 aromatic heterocycles. The fraction of sp³-hybridized carbons (Fsp3) is 0.355. The van der Waals surface area contributed by atoms with E-state index in [-0.39, 0.29) is 28.5 Å². The number of nitrogens with zero attached hydrogens (tertiary/aromatic N) is 5. The minimum absolute atomic E-state index is 0.154. The highest BCUT2D eigenvalue weighted by Gasteiger charge is 2.46. The number of aliphatic carboxylic acids is 1. The third kappa shape index (κ3) is 6.54. The lowest BCUT2D eigenvalue weighted by Crippen LogP contribution is -2.41. The van der Waals surface area contributed by atoms with Crippen LogP contribution in [-0.2, 0) is 4.79 Å². The zero-order valence-electron chi connectivity index (χ0n) is 24.3. The first kappa shape index (κ1) is 30.7. The Bertz CT molecular complexity index is 1710. The molecule has 45 heavy (non-hydrogen) atoms. The van der Waals surface area contributed by atoms with E-state index < -0.39 is 24.3 Å². The first-order valence-electron chi connectivity index (χ1n) is 14.4. The van der Waals surface area contributed by atoms with E-state index in [1.165, 1.54) is 16.8 Å². The summed E-state index contributed by atoms with van der Waals surface area (Å²) < 4.78 is 51.3. The summed E-state index contributed by atoms with van der Waals surface area (Å²) in [6.45, 7) is 3.40. The number of carboxylic acid groups (broad SMARTS) is 1. The number of aromatic nitrogens is 4. The second kappa shape index (κ2) is 11.9. The van der Waals surface area contributed by atoms with Gasteiger partial charge in [0.1, 0.15) is 11.9 Å². The number of aryl methyl sites for hydroxylation is 1. The van der Waals surface area contributed by atoms with Crippen molar-refractivity contribution in [1.82, 2.24) is 25.1 Å². The van der Waals surface area contributed by atoms with Crippen LogP contribution in [0.2, 0.25) is 5.02 Å². The number of nitrogen functional groups attached to an aromatic ring is 1. The van der Waals surface area contributed by atoms with Gasteiger partial charge in [-0.05, 0) is 67.0 Å². The number of rotatable bonds is 7. The normalized spacial score (nSPS) is 18.7. The van der Waals surface area contributed by atoms with E-state index in [1.807, 2.05) is 4.90 Å². The SMILES string of the molecule is Cc1ccn(-c2cc(-c3ccc(Cl)cc3)ccc2C(Oc2cc(N3CCC4(CC3)CNC(C(=O)O)C4)nc(N)n2)C(F)(F)F)n1. The molecule has 2 fully saturated rings. The van der Waals surface area contributed by atoms with Crippen molar-refractivity contribution in [2.75, 3.05) is 30.3 Å². The van der Waals surface area contributed by atoms with Crippen LogP contribution < -0.4 is 20.7 Å². The predicted molar refractivity (Wildman–Crippen MR) is 163 cm³/mol. The third-order valence-corrected chi connectivity index (χ3v) is 8.76.